The van der Waals surface area contributed by atoms with Crippen molar-refractivity contribution in [2.45, 2.75) is 12.6 Å². The lowest BCUT2D eigenvalue weighted by Crippen LogP contribution is -2.20. The fourth-order valence-electron chi connectivity index (χ4n) is 2.99. The summed E-state index contributed by atoms with van der Waals surface area (Å²) in [4.78, 5) is 40.3. The molecule has 35 heavy (non-hydrogen) atoms. The van der Waals surface area contributed by atoms with Gasteiger partial charge in [0.2, 0.25) is 5.91 Å². The Balaban J connectivity index is 1.76. The molecule has 0 radical (unpaired) electrons. The summed E-state index contributed by atoms with van der Waals surface area (Å²) in [5.41, 5.74) is 1.30. The number of ketones is 1. The number of hydrogen-bond donors (Lipinski definition) is 3. The van der Waals surface area contributed by atoms with Gasteiger partial charge in [0.05, 0.1) is 22.8 Å². The second kappa shape index (κ2) is 10.9. The van der Waals surface area contributed by atoms with Gasteiger partial charge in [0, 0.05) is 29.6 Å². The molecule has 1 heterocycles. The summed E-state index contributed by atoms with van der Waals surface area (Å²) in [6, 6.07) is 12.0. The molecule has 0 unspecified atom stereocenters. The van der Waals surface area contributed by atoms with Crippen molar-refractivity contribution in [3.63, 3.8) is 0 Å². The van der Waals surface area contributed by atoms with E-state index in [-0.39, 0.29) is 22.0 Å². The van der Waals surface area contributed by atoms with Gasteiger partial charge >= 0.3 is 12.3 Å². The standard InChI is InChI=1S/C23H17ClF3N3O5/c24-16-8-17(18(30-22(33)34)9-20(16)35-12-23(25,26)27)29-21(32)10-19(31)14-4-1-3-13(7-14)15-5-2-6-28-11-15/h1-9,11,30H,10,12H2,(H,29,32)(H,33,34). The minimum absolute atomic E-state index is 0.168. The number of amides is 2. The predicted molar refractivity (Wildman–Crippen MR) is 122 cm³/mol. The van der Waals surface area contributed by atoms with Crippen LogP contribution in [0.1, 0.15) is 16.8 Å². The summed E-state index contributed by atoms with van der Waals surface area (Å²) in [6.07, 6.45) is -3.55. The third kappa shape index (κ3) is 7.44. The van der Waals surface area contributed by atoms with Crippen LogP contribution in [-0.2, 0) is 4.79 Å². The van der Waals surface area contributed by atoms with Crippen molar-refractivity contribution in [1.29, 1.82) is 0 Å². The van der Waals surface area contributed by atoms with Crippen molar-refractivity contribution in [2.75, 3.05) is 17.2 Å². The molecule has 12 heteroatoms. The second-order valence-corrected chi connectivity index (χ2v) is 7.54. The summed E-state index contributed by atoms with van der Waals surface area (Å²) < 4.78 is 41.9. The molecule has 8 nitrogen and oxygen atoms in total. The van der Waals surface area contributed by atoms with E-state index in [4.69, 9.17) is 16.7 Å². The van der Waals surface area contributed by atoms with Gasteiger partial charge in [-0.1, -0.05) is 35.9 Å². The number of hydrogen-bond acceptors (Lipinski definition) is 5. The maximum Gasteiger partial charge on any atom is 0.422 e. The zero-order valence-electron chi connectivity index (χ0n) is 17.7. The van der Waals surface area contributed by atoms with E-state index < -0.39 is 42.7 Å². The van der Waals surface area contributed by atoms with E-state index in [1.165, 1.54) is 6.07 Å². The van der Waals surface area contributed by atoms with Gasteiger partial charge in [0.1, 0.15) is 5.75 Å². The molecule has 1 aromatic heterocycles. The number of alkyl halides is 3. The summed E-state index contributed by atoms with van der Waals surface area (Å²) in [5, 5.41) is 13.0. The number of anilines is 2. The van der Waals surface area contributed by atoms with Crippen LogP contribution >= 0.6 is 11.6 Å². The van der Waals surface area contributed by atoms with E-state index in [1.54, 1.807) is 36.7 Å². The number of aromatic nitrogens is 1. The van der Waals surface area contributed by atoms with Gasteiger partial charge in [-0.2, -0.15) is 13.2 Å². The number of rotatable bonds is 8. The van der Waals surface area contributed by atoms with E-state index in [9.17, 15) is 27.6 Å². The molecule has 0 saturated carbocycles. The Morgan fingerprint density at radius 1 is 1.00 bits per heavy atom. The van der Waals surface area contributed by atoms with Crippen LogP contribution in [0.2, 0.25) is 5.02 Å². The molecule has 0 aliphatic heterocycles. The Bertz CT molecular complexity index is 1250. The van der Waals surface area contributed by atoms with Crippen LogP contribution < -0.4 is 15.4 Å². The lowest BCUT2D eigenvalue weighted by molar-refractivity contribution is -0.153. The Morgan fingerprint density at radius 3 is 2.37 bits per heavy atom. The molecule has 2 amide bonds. The molecular formula is C23H17ClF3N3O5. The van der Waals surface area contributed by atoms with Crippen LogP contribution in [0.25, 0.3) is 11.1 Å². The van der Waals surface area contributed by atoms with E-state index in [1.807, 2.05) is 11.4 Å². The highest BCUT2D eigenvalue weighted by molar-refractivity contribution is 6.32. The monoisotopic (exact) mass is 507 g/mol. The maximum atomic E-state index is 12.7. The minimum Gasteiger partial charge on any atom is -0.482 e. The van der Waals surface area contributed by atoms with Crippen molar-refractivity contribution < 1.29 is 37.4 Å². The number of nitrogens with one attached hydrogen (secondary N) is 2. The maximum absolute atomic E-state index is 12.7. The van der Waals surface area contributed by atoms with E-state index >= 15 is 0 Å². The number of Topliss-reactive ketones (excluding diaryl/α,β-unsaturated/α-hetero) is 1. The molecule has 0 saturated heterocycles. The van der Waals surface area contributed by atoms with E-state index in [0.717, 1.165) is 23.3 Å². The average molecular weight is 508 g/mol. The normalized spacial score (nSPS) is 11.0. The van der Waals surface area contributed by atoms with E-state index in [2.05, 4.69) is 15.0 Å². The molecule has 3 rings (SSSR count). The SMILES string of the molecule is O=C(O)Nc1cc(OCC(F)(F)F)c(Cl)cc1NC(=O)CC(=O)c1cccc(-c2cccnc2)c1. The second-order valence-electron chi connectivity index (χ2n) is 7.13. The van der Waals surface area contributed by atoms with Crippen LogP contribution in [-0.4, -0.2) is 40.7 Å². The number of carboxylic acid groups (broad SMARTS) is 1. The zero-order chi connectivity index (χ0) is 25.6. The van der Waals surface area contributed by atoms with E-state index in [0.29, 0.717) is 0 Å². The molecule has 0 bridgehead atoms. The largest absolute Gasteiger partial charge is 0.482 e. The van der Waals surface area contributed by atoms with Crippen LogP contribution in [0, 0.1) is 0 Å². The molecule has 0 aliphatic rings. The molecule has 2 aromatic carbocycles. The molecule has 0 spiro atoms. The van der Waals surface area contributed by atoms with Crippen LogP contribution in [0.15, 0.2) is 60.9 Å². The number of ether oxygens (including phenoxy) is 1. The Labute approximate surface area is 201 Å². The summed E-state index contributed by atoms with van der Waals surface area (Å²) in [7, 11) is 0. The topological polar surface area (TPSA) is 118 Å². The third-order valence-corrected chi connectivity index (χ3v) is 4.77. The summed E-state index contributed by atoms with van der Waals surface area (Å²) in [6.45, 7) is -1.66. The molecular weight excluding hydrogens is 491 g/mol. The number of benzene rings is 2. The van der Waals surface area contributed by atoms with Crippen molar-refractivity contribution in [3.05, 3.63) is 71.5 Å². The Morgan fingerprint density at radius 2 is 1.71 bits per heavy atom. The molecule has 182 valence electrons. The first kappa shape index (κ1) is 25.5. The van der Waals surface area contributed by atoms with Gasteiger partial charge in [-0.05, 0) is 23.8 Å². The predicted octanol–water partition coefficient (Wildman–Crippen LogP) is 5.64. The van der Waals surface area contributed by atoms with Gasteiger partial charge < -0.3 is 15.2 Å². The molecule has 3 aromatic rings. The first-order chi connectivity index (χ1) is 16.5. The number of nitrogens with zero attached hydrogens (tertiary/aromatic N) is 1. The lowest BCUT2D eigenvalue weighted by Gasteiger charge is -2.16. The minimum atomic E-state index is -4.65. The molecule has 0 fully saturated rings. The highest BCUT2D eigenvalue weighted by Crippen LogP contribution is 2.35. The zero-order valence-corrected chi connectivity index (χ0v) is 18.5. The first-order valence-electron chi connectivity index (χ1n) is 9.88. The molecule has 0 aliphatic carbocycles. The van der Waals surface area contributed by atoms with Crippen molar-refractivity contribution in [3.8, 4) is 16.9 Å². The van der Waals surface area contributed by atoms with Crippen molar-refractivity contribution in [2.24, 2.45) is 0 Å². The van der Waals surface area contributed by atoms with Crippen molar-refractivity contribution >= 4 is 40.8 Å². The fourth-order valence-corrected chi connectivity index (χ4v) is 3.21. The van der Waals surface area contributed by atoms with Gasteiger partial charge in [-0.15, -0.1) is 0 Å². The highest BCUT2D eigenvalue weighted by Gasteiger charge is 2.29. The Hall–Kier alpha value is -4.12. The van der Waals surface area contributed by atoms with Gasteiger partial charge in [-0.25, -0.2) is 4.79 Å². The number of carbonyl (C=O) groups excluding carboxylic acids is 2. The fraction of sp³-hybridized carbons (Fsp3) is 0.130. The first-order valence-corrected chi connectivity index (χ1v) is 10.3. The van der Waals surface area contributed by atoms with Gasteiger partial charge in [-0.3, -0.25) is 19.9 Å². The smallest absolute Gasteiger partial charge is 0.422 e. The summed E-state index contributed by atoms with van der Waals surface area (Å²) in [5.74, 6) is -1.76. The van der Waals surface area contributed by atoms with Crippen LogP contribution in [0.4, 0.5) is 29.3 Å². The number of halogens is 4. The van der Waals surface area contributed by atoms with Crippen molar-refractivity contribution in [1.82, 2.24) is 4.98 Å². The molecule has 0 atom stereocenters. The molecule has 3 N–H and O–H groups in total. The summed E-state index contributed by atoms with van der Waals surface area (Å²) >= 11 is 5.94. The third-order valence-electron chi connectivity index (χ3n) is 4.48. The van der Waals surface area contributed by atoms with Crippen LogP contribution in [0.3, 0.4) is 0 Å². The van der Waals surface area contributed by atoms with Crippen LogP contribution in [0.5, 0.6) is 5.75 Å². The number of pyridine rings is 1. The van der Waals surface area contributed by atoms with Gasteiger partial charge in [0.15, 0.2) is 12.4 Å². The van der Waals surface area contributed by atoms with Gasteiger partial charge in [0.25, 0.3) is 0 Å². The average Bonchev–Trinajstić information content (AvgIpc) is 2.79. The Kier molecular flexibility index (Phi) is 7.92. The lowest BCUT2D eigenvalue weighted by atomic mass is 10.0. The number of carbonyl (C=O) groups is 3. The highest BCUT2D eigenvalue weighted by atomic mass is 35.5. The quantitative estimate of drug-likeness (QED) is 0.268.